The van der Waals surface area contributed by atoms with E-state index in [1.165, 1.54) is 0 Å². The van der Waals surface area contributed by atoms with Crippen molar-refractivity contribution in [2.75, 3.05) is 16.8 Å². The maximum atomic E-state index is 12.5. The fourth-order valence-electron chi connectivity index (χ4n) is 3.18. The Labute approximate surface area is 149 Å². The third kappa shape index (κ3) is 2.97. The molecule has 6 nitrogen and oxygen atoms in total. The lowest BCUT2D eigenvalue weighted by Gasteiger charge is -2.16. The Balaban J connectivity index is 1.55. The van der Waals surface area contributed by atoms with Gasteiger partial charge in [0.1, 0.15) is 5.69 Å². The number of nitrogens with one attached hydrogen (secondary N) is 2. The van der Waals surface area contributed by atoms with Gasteiger partial charge in [0.25, 0.3) is 11.5 Å². The van der Waals surface area contributed by atoms with E-state index in [2.05, 4.69) is 10.3 Å². The molecule has 4 rings (SSSR count). The van der Waals surface area contributed by atoms with E-state index in [1.54, 1.807) is 41.3 Å². The smallest absolute Gasteiger partial charge is 0.272 e. The molecule has 0 aliphatic carbocycles. The first-order valence-corrected chi connectivity index (χ1v) is 8.46. The first kappa shape index (κ1) is 16.1. The van der Waals surface area contributed by atoms with E-state index in [9.17, 15) is 14.4 Å². The van der Waals surface area contributed by atoms with E-state index in [0.29, 0.717) is 22.9 Å². The van der Waals surface area contributed by atoms with Crippen LogP contribution in [-0.2, 0) is 4.79 Å². The second-order valence-electron chi connectivity index (χ2n) is 6.25. The number of carbonyl (C=O) groups is 2. The van der Waals surface area contributed by atoms with Crippen molar-refractivity contribution < 1.29 is 9.59 Å². The van der Waals surface area contributed by atoms with Crippen molar-refractivity contribution in [2.45, 2.75) is 12.8 Å². The monoisotopic (exact) mass is 347 g/mol. The third-order valence-corrected chi connectivity index (χ3v) is 4.51. The molecule has 0 unspecified atom stereocenters. The van der Waals surface area contributed by atoms with Crippen molar-refractivity contribution in [1.29, 1.82) is 0 Å². The molecule has 1 aromatic heterocycles. The molecule has 0 saturated carbocycles. The van der Waals surface area contributed by atoms with Gasteiger partial charge >= 0.3 is 0 Å². The topological polar surface area (TPSA) is 82.3 Å². The Morgan fingerprint density at radius 1 is 1.04 bits per heavy atom. The third-order valence-electron chi connectivity index (χ3n) is 4.51. The molecule has 2 heterocycles. The maximum Gasteiger partial charge on any atom is 0.272 e. The van der Waals surface area contributed by atoms with E-state index in [1.807, 2.05) is 18.2 Å². The van der Waals surface area contributed by atoms with Gasteiger partial charge in [-0.05, 0) is 48.2 Å². The Kier molecular flexibility index (Phi) is 4.01. The molecule has 0 bridgehead atoms. The van der Waals surface area contributed by atoms with E-state index in [0.717, 1.165) is 18.7 Å². The van der Waals surface area contributed by atoms with E-state index < -0.39 is 5.91 Å². The number of aromatic nitrogens is 1. The molecule has 1 fully saturated rings. The number of hydrogen-bond donors (Lipinski definition) is 2. The van der Waals surface area contributed by atoms with Crippen LogP contribution in [0.3, 0.4) is 0 Å². The van der Waals surface area contributed by atoms with Crippen molar-refractivity contribution in [3.05, 3.63) is 70.6 Å². The average Bonchev–Trinajstić information content (AvgIpc) is 3.08. The Morgan fingerprint density at radius 2 is 1.81 bits per heavy atom. The molecular weight excluding hydrogens is 330 g/mol. The summed E-state index contributed by atoms with van der Waals surface area (Å²) in [5.41, 5.74) is 1.33. The highest BCUT2D eigenvalue weighted by atomic mass is 16.2. The van der Waals surface area contributed by atoms with Gasteiger partial charge < -0.3 is 15.2 Å². The Hall–Kier alpha value is -3.41. The summed E-state index contributed by atoms with van der Waals surface area (Å²) in [6.45, 7) is 0.725. The van der Waals surface area contributed by atoms with Crippen LogP contribution in [0.1, 0.15) is 23.3 Å². The van der Waals surface area contributed by atoms with Crippen molar-refractivity contribution >= 4 is 34.0 Å². The first-order chi connectivity index (χ1) is 12.6. The highest BCUT2D eigenvalue weighted by Crippen LogP contribution is 2.23. The second kappa shape index (κ2) is 6.48. The van der Waals surface area contributed by atoms with Crippen LogP contribution in [0.5, 0.6) is 0 Å². The lowest BCUT2D eigenvalue weighted by atomic mass is 10.1. The van der Waals surface area contributed by atoms with Gasteiger partial charge in [-0.15, -0.1) is 0 Å². The fraction of sp³-hybridized carbons (Fsp3) is 0.150. The minimum atomic E-state index is -0.391. The number of hydrogen-bond acceptors (Lipinski definition) is 3. The number of carbonyl (C=O) groups excluding carboxylic acids is 2. The molecule has 26 heavy (non-hydrogen) atoms. The van der Waals surface area contributed by atoms with Crippen molar-refractivity contribution in [1.82, 2.24) is 4.98 Å². The Bertz CT molecular complexity index is 1050. The number of fused-ring (bicyclic) bond motifs is 1. The summed E-state index contributed by atoms with van der Waals surface area (Å²) in [6, 6.07) is 15.9. The average molecular weight is 347 g/mol. The van der Waals surface area contributed by atoms with Gasteiger partial charge in [0, 0.05) is 29.7 Å². The van der Waals surface area contributed by atoms with E-state index in [4.69, 9.17) is 0 Å². The first-order valence-electron chi connectivity index (χ1n) is 8.46. The molecule has 130 valence electrons. The fourth-order valence-corrected chi connectivity index (χ4v) is 3.18. The van der Waals surface area contributed by atoms with Crippen LogP contribution >= 0.6 is 0 Å². The number of H-pyrrole nitrogens is 1. The minimum absolute atomic E-state index is 0.121. The minimum Gasteiger partial charge on any atom is -0.321 e. The highest BCUT2D eigenvalue weighted by Gasteiger charge is 2.21. The standard InChI is InChI=1S/C20H17N3O3/c24-18-6-3-11-23(18)15-9-7-14(8-10-15)21-20(26)17-12-13-4-1-2-5-16(13)19(25)22-17/h1-2,4-5,7-10,12H,3,6,11H2,(H,21,26)(H,22,25). The number of pyridine rings is 1. The van der Waals surface area contributed by atoms with Gasteiger partial charge in [-0.2, -0.15) is 0 Å². The second-order valence-corrected chi connectivity index (χ2v) is 6.25. The van der Waals surface area contributed by atoms with E-state index >= 15 is 0 Å². The summed E-state index contributed by atoms with van der Waals surface area (Å²) in [6.07, 6.45) is 1.44. The summed E-state index contributed by atoms with van der Waals surface area (Å²) in [5.74, 6) is -0.270. The quantitative estimate of drug-likeness (QED) is 0.764. The predicted octanol–water partition coefficient (Wildman–Crippen LogP) is 2.91. The molecular formula is C20H17N3O3. The molecule has 1 aliphatic rings. The molecule has 6 heteroatoms. The molecule has 1 aliphatic heterocycles. The van der Waals surface area contributed by atoms with Crippen LogP contribution in [0.4, 0.5) is 11.4 Å². The van der Waals surface area contributed by atoms with Crippen molar-refractivity contribution in [3.8, 4) is 0 Å². The normalized spacial score (nSPS) is 14.0. The summed E-state index contributed by atoms with van der Waals surface area (Å²) in [7, 11) is 0. The van der Waals surface area contributed by atoms with Gasteiger partial charge in [-0.3, -0.25) is 14.4 Å². The molecule has 2 amide bonds. The zero-order valence-corrected chi connectivity index (χ0v) is 14.0. The van der Waals surface area contributed by atoms with Crippen LogP contribution in [0.2, 0.25) is 0 Å². The van der Waals surface area contributed by atoms with Gasteiger partial charge in [0.15, 0.2) is 0 Å². The Morgan fingerprint density at radius 3 is 2.54 bits per heavy atom. The van der Waals surface area contributed by atoms with Gasteiger partial charge in [-0.1, -0.05) is 18.2 Å². The SMILES string of the molecule is O=C(Nc1ccc(N2CCCC2=O)cc1)c1cc2ccccc2c(=O)[nH]1. The molecule has 2 aromatic carbocycles. The molecule has 0 atom stereocenters. The molecule has 1 saturated heterocycles. The molecule has 3 aromatic rings. The number of amides is 2. The number of aromatic amines is 1. The highest BCUT2D eigenvalue weighted by molar-refractivity contribution is 6.05. The number of benzene rings is 2. The van der Waals surface area contributed by atoms with Crippen molar-refractivity contribution in [3.63, 3.8) is 0 Å². The zero-order chi connectivity index (χ0) is 18.1. The number of nitrogens with zero attached hydrogens (tertiary/aromatic N) is 1. The van der Waals surface area contributed by atoms with Gasteiger partial charge in [0.05, 0.1) is 0 Å². The summed E-state index contributed by atoms with van der Waals surface area (Å²) in [4.78, 5) is 40.7. The number of anilines is 2. The van der Waals surface area contributed by atoms with Gasteiger partial charge in [-0.25, -0.2) is 0 Å². The predicted molar refractivity (Wildman–Crippen MR) is 101 cm³/mol. The lowest BCUT2D eigenvalue weighted by molar-refractivity contribution is -0.117. The number of rotatable bonds is 3. The van der Waals surface area contributed by atoms with Crippen LogP contribution in [0.15, 0.2) is 59.4 Å². The van der Waals surface area contributed by atoms with Crippen LogP contribution < -0.4 is 15.8 Å². The van der Waals surface area contributed by atoms with E-state index in [-0.39, 0.29) is 17.2 Å². The maximum absolute atomic E-state index is 12.5. The zero-order valence-electron chi connectivity index (χ0n) is 14.0. The van der Waals surface area contributed by atoms with Crippen LogP contribution in [0, 0.1) is 0 Å². The van der Waals surface area contributed by atoms with Crippen LogP contribution in [-0.4, -0.2) is 23.3 Å². The summed E-state index contributed by atoms with van der Waals surface area (Å²) < 4.78 is 0. The van der Waals surface area contributed by atoms with Gasteiger partial charge in [0.2, 0.25) is 5.91 Å². The largest absolute Gasteiger partial charge is 0.321 e. The van der Waals surface area contributed by atoms with Crippen LogP contribution in [0.25, 0.3) is 10.8 Å². The van der Waals surface area contributed by atoms with Crippen molar-refractivity contribution in [2.24, 2.45) is 0 Å². The summed E-state index contributed by atoms with van der Waals surface area (Å²) in [5, 5.41) is 4.02. The summed E-state index contributed by atoms with van der Waals surface area (Å²) >= 11 is 0. The lowest BCUT2D eigenvalue weighted by Crippen LogP contribution is -2.23. The molecule has 0 radical (unpaired) electrons. The molecule has 2 N–H and O–H groups in total. The molecule has 0 spiro atoms.